The second kappa shape index (κ2) is 5.93. The Balaban J connectivity index is 2.29. The summed E-state index contributed by atoms with van der Waals surface area (Å²) >= 11 is 0. The Bertz CT molecular complexity index is 605. The molecule has 8 nitrogen and oxygen atoms in total. The maximum atomic E-state index is 10.9. The summed E-state index contributed by atoms with van der Waals surface area (Å²) in [5.74, 6) is 5.10. The van der Waals surface area contributed by atoms with Gasteiger partial charge in [0.05, 0.1) is 4.92 Å². The molecule has 0 aliphatic carbocycles. The Morgan fingerprint density at radius 2 is 2.10 bits per heavy atom. The molecule has 0 spiro atoms. The summed E-state index contributed by atoms with van der Waals surface area (Å²) in [5, 5.41) is 10.9. The van der Waals surface area contributed by atoms with E-state index >= 15 is 0 Å². The van der Waals surface area contributed by atoms with E-state index < -0.39 is 11.0 Å². The number of nitrogen functional groups attached to an aromatic ring is 1. The topological polar surface area (TPSA) is 116 Å². The van der Waals surface area contributed by atoms with Crippen LogP contribution in [0, 0.1) is 10.1 Å². The molecule has 1 aromatic carbocycles. The Kier molecular flexibility index (Phi) is 4.06. The summed E-state index contributed by atoms with van der Waals surface area (Å²) in [6.07, 6.45) is 0.658. The van der Waals surface area contributed by atoms with Crippen LogP contribution in [0.5, 0.6) is 5.88 Å². The van der Waals surface area contributed by atoms with Crippen molar-refractivity contribution in [1.29, 1.82) is 0 Å². The molecule has 0 aliphatic rings. The number of nitro groups is 1. The van der Waals surface area contributed by atoms with E-state index in [0.29, 0.717) is 0 Å². The summed E-state index contributed by atoms with van der Waals surface area (Å²) in [4.78, 5) is 17.9. The van der Waals surface area contributed by atoms with Gasteiger partial charge in [0, 0.05) is 0 Å². The van der Waals surface area contributed by atoms with E-state index in [1.165, 1.54) is 0 Å². The second-order valence-electron chi connectivity index (χ2n) is 3.96. The van der Waals surface area contributed by atoms with Crippen LogP contribution < -0.4 is 16.0 Å². The van der Waals surface area contributed by atoms with Gasteiger partial charge in [-0.05, 0) is 12.5 Å². The third-order valence-electron chi connectivity index (χ3n) is 2.62. The molecule has 0 saturated carbocycles. The molecule has 8 heteroatoms. The Labute approximate surface area is 114 Å². The van der Waals surface area contributed by atoms with Crippen molar-refractivity contribution < 1.29 is 9.66 Å². The fourth-order valence-corrected chi connectivity index (χ4v) is 1.60. The lowest BCUT2D eigenvalue weighted by Crippen LogP contribution is -2.13. The van der Waals surface area contributed by atoms with Crippen molar-refractivity contribution in [3.8, 4) is 5.88 Å². The number of anilines is 1. The van der Waals surface area contributed by atoms with E-state index in [2.05, 4.69) is 15.4 Å². The minimum atomic E-state index is -0.604. The van der Waals surface area contributed by atoms with Crippen molar-refractivity contribution in [2.45, 2.75) is 13.0 Å². The molecule has 1 aromatic heterocycles. The lowest BCUT2D eigenvalue weighted by molar-refractivity contribution is -0.386. The standard InChI is InChI=1S/C12H13N5O3/c1-8(9-5-3-2-4-6-9)20-11-10(17(18)19)7-14-12(15-11)16-13/h2-8H,13H2,1H3,(H,14,15,16). The van der Waals surface area contributed by atoms with Gasteiger partial charge in [0.1, 0.15) is 12.3 Å². The molecule has 0 amide bonds. The highest BCUT2D eigenvalue weighted by atomic mass is 16.6. The Morgan fingerprint density at radius 1 is 1.40 bits per heavy atom. The van der Waals surface area contributed by atoms with Gasteiger partial charge in [-0.15, -0.1) is 0 Å². The van der Waals surface area contributed by atoms with E-state index in [0.717, 1.165) is 11.8 Å². The van der Waals surface area contributed by atoms with E-state index in [9.17, 15) is 10.1 Å². The van der Waals surface area contributed by atoms with Crippen LogP contribution in [0.25, 0.3) is 0 Å². The van der Waals surface area contributed by atoms with Crippen molar-refractivity contribution in [3.05, 3.63) is 52.2 Å². The minimum Gasteiger partial charge on any atom is -0.465 e. The fourth-order valence-electron chi connectivity index (χ4n) is 1.60. The Hall–Kier alpha value is -2.74. The summed E-state index contributed by atoms with van der Waals surface area (Å²) < 4.78 is 5.55. The summed E-state index contributed by atoms with van der Waals surface area (Å²) in [6.45, 7) is 1.77. The van der Waals surface area contributed by atoms with Gasteiger partial charge in [-0.3, -0.25) is 15.5 Å². The molecular formula is C12H13N5O3. The average Bonchev–Trinajstić information content (AvgIpc) is 2.47. The maximum Gasteiger partial charge on any atom is 0.349 e. The fraction of sp³-hybridized carbons (Fsp3) is 0.167. The molecule has 0 bridgehead atoms. The molecule has 20 heavy (non-hydrogen) atoms. The van der Waals surface area contributed by atoms with Gasteiger partial charge in [0.2, 0.25) is 5.95 Å². The number of hydrazine groups is 1. The van der Waals surface area contributed by atoms with Crippen LogP contribution in [0.1, 0.15) is 18.6 Å². The number of benzene rings is 1. The van der Waals surface area contributed by atoms with Crippen molar-refractivity contribution in [2.75, 3.05) is 5.43 Å². The predicted molar refractivity (Wildman–Crippen MR) is 72.0 cm³/mol. The molecule has 0 aliphatic heterocycles. The van der Waals surface area contributed by atoms with E-state index in [-0.39, 0.29) is 17.5 Å². The molecule has 3 N–H and O–H groups in total. The van der Waals surface area contributed by atoms with Crippen LogP contribution in [0.4, 0.5) is 11.6 Å². The van der Waals surface area contributed by atoms with E-state index in [1.54, 1.807) is 6.92 Å². The molecule has 0 saturated heterocycles. The molecule has 1 heterocycles. The quantitative estimate of drug-likeness (QED) is 0.485. The molecule has 104 valence electrons. The highest BCUT2D eigenvalue weighted by molar-refractivity contribution is 5.43. The van der Waals surface area contributed by atoms with Gasteiger partial charge in [0.25, 0.3) is 5.88 Å². The third kappa shape index (κ3) is 2.98. The average molecular weight is 275 g/mol. The molecule has 0 radical (unpaired) electrons. The van der Waals surface area contributed by atoms with Gasteiger partial charge in [-0.25, -0.2) is 10.8 Å². The molecule has 2 rings (SSSR count). The van der Waals surface area contributed by atoms with Gasteiger partial charge < -0.3 is 4.74 Å². The van der Waals surface area contributed by atoms with Crippen LogP contribution in [0.15, 0.2) is 36.5 Å². The number of nitrogens with two attached hydrogens (primary N) is 1. The van der Waals surface area contributed by atoms with Crippen LogP contribution in [-0.4, -0.2) is 14.9 Å². The minimum absolute atomic E-state index is 0.0471. The number of hydrogen-bond donors (Lipinski definition) is 2. The van der Waals surface area contributed by atoms with Crippen LogP contribution in [-0.2, 0) is 0 Å². The Morgan fingerprint density at radius 3 is 2.70 bits per heavy atom. The van der Waals surface area contributed by atoms with E-state index in [4.69, 9.17) is 10.6 Å². The number of hydrogen-bond acceptors (Lipinski definition) is 7. The molecular weight excluding hydrogens is 262 g/mol. The van der Waals surface area contributed by atoms with Crippen LogP contribution in [0.3, 0.4) is 0 Å². The first-order chi connectivity index (χ1) is 9.61. The molecule has 1 atom stereocenters. The van der Waals surface area contributed by atoms with Gasteiger partial charge in [0.15, 0.2) is 0 Å². The van der Waals surface area contributed by atoms with Crippen molar-refractivity contribution in [3.63, 3.8) is 0 Å². The lowest BCUT2D eigenvalue weighted by Gasteiger charge is -2.14. The summed E-state index contributed by atoms with van der Waals surface area (Å²) in [6, 6.07) is 9.31. The summed E-state index contributed by atoms with van der Waals surface area (Å²) in [7, 11) is 0. The molecule has 0 fully saturated rings. The number of rotatable bonds is 5. The first kappa shape index (κ1) is 13.7. The zero-order chi connectivity index (χ0) is 14.5. The summed E-state index contributed by atoms with van der Waals surface area (Å²) in [5.41, 5.74) is 2.79. The van der Waals surface area contributed by atoms with E-state index in [1.807, 2.05) is 30.3 Å². The third-order valence-corrected chi connectivity index (χ3v) is 2.62. The van der Waals surface area contributed by atoms with Gasteiger partial charge in [-0.2, -0.15) is 4.98 Å². The maximum absolute atomic E-state index is 10.9. The highest BCUT2D eigenvalue weighted by Crippen LogP contribution is 2.28. The monoisotopic (exact) mass is 275 g/mol. The van der Waals surface area contributed by atoms with Crippen molar-refractivity contribution in [2.24, 2.45) is 5.84 Å². The normalized spacial score (nSPS) is 11.7. The number of nitrogens with zero attached hydrogens (tertiary/aromatic N) is 3. The zero-order valence-electron chi connectivity index (χ0n) is 10.7. The highest BCUT2D eigenvalue weighted by Gasteiger charge is 2.21. The van der Waals surface area contributed by atoms with Gasteiger partial charge in [-0.1, -0.05) is 30.3 Å². The van der Waals surface area contributed by atoms with Crippen LogP contribution in [0.2, 0.25) is 0 Å². The number of aromatic nitrogens is 2. The van der Waals surface area contributed by atoms with Gasteiger partial charge >= 0.3 is 5.69 Å². The number of nitrogens with one attached hydrogen (secondary N) is 1. The predicted octanol–water partition coefficient (Wildman–Crippen LogP) is 1.81. The second-order valence-corrected chi connectivity index (χ2v) is 3.96. The first-order valence-electron chi connectivity index (χ1n) is 5.81. The lowest BCUT2D eigenvalue weighted by atomic mass is 10.1. The smallest absolute Gasteiger partial charge is 0.349 e. The largest absolute Gasteiger partial charge is 0.465 e. The van der Waals surface area contributed by atoms with Crippen LogP contribution >= 0.6 is 0 Å². The van der Waals surface area contributed by atoms with Crippen molar-refractivity contribution in [1.82, 2.24) is 9.97 Å². The molecule has 2 aromatic rings. The zero-order valence-corrected chi connectivity index (χ0v) is 10.7. The number of ether oxygens (including phenoxy) is 1. The van der Waals surface area contributed by atoms with Crippen molar-refractivity contribution >= 4 is 11.6 Å². The molecule has 1 unspecified atom stereocenters. The first-order valence-corrected chi connectivity index (χ1v) is 5.81. The SMILES string of the molecule is CC(Oc1nc(NN)ncc1[N+](=O)[O-])c1ccccc1.